The molecule has 0 aliphatic carbocycles. The van der Waals surface area contributed by atoms with E-state index in [1.807, 2.05) is 0 Å². The van der Waals surface area contributed by atoms with Crippen molar-refractivity contribution in [3.05, 3.63) is 35.5 Å². The number of hydrogen-bond donors (Lipinski definition) is 2. The lowest BCUT2D eigenvalue weighted by Gasteiger charge is -2.08. The van der Waals surface area contributed by atoms with Gasteiger partial charge in [-0.25, -0.2) is 13.1 Å². The monoisotopic (exact) mass is 305 g/mol. The molecule has 5 nitrogen and oxygen atoms in total. The van der Waals surface area contributed by atoms with Crippen LogP contribution in [0.15, 0.2) is 24.4 Å². The largest absolute Gasteiger partial charge is 0.361 e. The fraction of sp³-hybridized carbons (Fsp3) is 0.429. The quantitative estimate of drug-likeness (QED) is 0.846. The Kier molecular flexibility index (Phi) is 1.96. The molecule has 2 aromatic rings. The van der Waals surface area contributed by atoms with Crippen molar-refractivity contribution in [1.29, 1.82) is 0 Å². The molecule has 0 bridgehead atoms. The molecule has 0 radical (unpaired) electrons. The minimum absolute atomic E-state index is 0.0623. The number of aromatic nitrogens is 1. The van der Waals surface area contributed by atoms with E-state index in [9.17, 15) is 8.42 Å². The molecule has 0 saturated heterocycles. The second kappa shape index (κ2) is 5.95. The number of sulfonamides is 1. The number of hydrogen-bond acceptors (Lipinski definition) is 3. The van der Waals surface area contributed by atoms with Crippen molar-refractivity contribution in [2.24, 2.45) is 0 Å². The zero-order chi connectivity index (χ0) is 23.4. The number of aryl methyl sites for hydroxylation is 1. The van der Waals surface area contributed by atoms with Gasteiger partial charge in [0.05, 0.1) is 7.08 Å². The van der Waals surface area contributed by atoms with E-state index in [0.29, 0.717) is 4.98 Å². The van der Waals surface area contributed by atoms with Crippen LogP contribution < -0.4 is 4.72 Å². The lowest BCUT2D eigenvalue weighted by molar-refractivity contribution is 0.414. The normalized spacial score (nSPS) is 22.0. The van der Waals surface area contributed by atoms with E-state index in [2.05, 4.69) is 0 Å². The van der Waals surface area contributed by atoms with Crippen LogP contribution in [0.4, 0.5) is 0 Å². The molecule has 0 amide bonds. The fourth-order valence-corrected chi connectivity index (χ4v) is 2.14. The van der Waals surface area contributed by atoms with E-state index < -0.39 is 39.5 Å². The van der Waals surface area contributed by atoms with Crippen LogP contribution in [-0.2, 0) is 22.1 Å². The van der Waals surface area contributed by atoms with Gasteiger partial charge in [0.1, 0.15) is 1.41 Å². The van der Waals surface area contributed by atoms with Crippen LogP contribution >= 0.6 is 0 Å². The fourth-order valence-electron chi connectivity index (χ4n) is 1.67. The van der Waals surface area contributed by atoms with Gasteiger partial charge in [-0.2, -0.15) is 0 Å². The van der Waals surface area contributed by atoms with Crippen molar-refractivity contribution in [3.8, 4) is 0 Å². The zero-order valence-corrected chi connectivity index (χ0v) is 11.8. The number of nitrogens with one attached hydrogen (secondary N) is 2. The summed E-state index contributed by atoms with van der Waals surface area (Å²) in [6, 6.07) is 3.27. The molecule has 1 aromatic carbocycles. The zero-order valence-electron chi connectivity index (χ0n) is 21.0. The lowest BCUT2D eigenvalue weighted by Crippen LogP contribution is -2.20. The van der Waals surface area contributed by atoms with Crippen molar-refractivity contribution in [3.63, 3.8) is 0 Å². The third-order valence-electron chi connectivity index (χ3n) is 2.57. The van der Waals surface area contributed by atoms with Gasteiger partial charge in [0.2, 0.25) is 10.0 Å². The summed E-state index contributed by atoms with van der Waals surface area (Å²) in [6.45, 7) is -5.33. The molecule has 110 valence electrons. The third kappa shape index (κ3) is 3.59. The average molecular weight is 305 g/mol. The summed E-state index contributed by atoms with van der Waals surface area (Å²) in [5, 5.41) is 0.0858. The van der Waals surface area contributed by atoms with Gasteiger partial charge in [-0.3, -0.25) is 0 Å². The topological polar surface area (TPSA) is 65.2 Å². The summed E-state index contributed by atoms with van der Waals surface area (Å²) in [7, 11) is -2.33. The van der Waals surface area contributed by atoms with Crippen molar-refractivity contribution in [2.45, 2.75) is 12.1 Å². The number of fused-ring (bicyclic) bond motifs is 1. The highest BCUT2D eigenvalue weighted by molar-refractivity contribution is 7.88. The minimum atomic E-state index is -5.29. The Labute approximate surface area is 134 Å². The molecule has 0 atom stereocenters. The molecule has 20 heavy (non-hydrogen) atoms. The first-order chi connectivity index (χ1) is 13.4. The van der Waals surface area contributed by atoms with Gasteiger partial charge in [0.25, 0.3) is 0 Å². The molecule has 6 heteroatoms. The first-order valence-corrected chi connectivity index (χ1v) is 7.14. The molecule has 1 aromatic heterocycles. The standard InChI is InChI=1S/C14H21N3O2S/c1-15-20(18,19)10-11-4-5-14-13(8-11)12(9-16-14)6-7-17(2)3/h4-5,8-9,15-16H,6-7,10H2,1-3H3/i1D3,7D2,9D,10D2/hD2. The summed E-state index contributed by atoms with van der Waals surface area (Å²) in [5.41, 5.74) is -3.62. The van der Waals surface area contributed by atoms with E-state index >= 15 is 0 Å². The predicted octanol–water partition coefficient (Wildman–Crippen LogP) is 1.32. The van der Waals surface area contributed by atoms with Gasteiger partial charge in [0.15, 0.2) is 1.41 Å². The SMILES string of the molecule is [2H]c1c(CC([2H])([2H])N(C)C)c2cc(C([2H])([2H])S(=O)(=O)N([2H])C([2H])([2H])[2H])ccc2n1[2H]. The van der Waals surface area contributed by atoms with E-state index in [1.54, 1.807) is 0 Å². The Bertz CT molecular complexity index is 1060. The molecule has 0 aliphatic heterocycles. The van der Waals surface area contributed by atoms with E-state index in [-0.39, 0.29) is 29.1 Å². The van der Waals surface area contributed by atoms with E-state index in [1.165, 1.54) is 25.1 Å². The summed E-state index contributed by atoms with van der Waals surface area (Å²) in [4.78, 5) is 1.98. The molecule has 0 saturated carbocycles. The number of H-pyrrole nitrogens is 1. The van der Waals surface area contributed by atoms with Crippen LogP contribution in [0.3, 0.4) is 0 Å². The van der Waals surface area contributed by atoms with Crippen molar-refractivity contribution in [1.82, 2.24) is 14.6 Å². The highest BCUT2D eigenvalue weighted by Gasteiger charge is 2.11. The van der Waals surface area contributed by atoms with Crippen LogP contribution in [0.25, 0.3) is 10.9 Å². The molecule has 2 N–H and O–H groups in total. The third-order valence-corrected chi connectivity index (χ3v) is 3.31. The maximum Gasteiger partial charge on any atom is 0.215 e. The molecule has 0 spiro atoms. The van der Waals surface area contributed by atoms with Gasteiger partial charge < -0.3 is 9.88 Å². The number of nitrogens with zero attached hydrogens (tertiary/aromatic N) is 1. The summed E-state index contributed by atoms with van der Waals surface area (Å²) >= 11 is 0. The molecular weight excluding hydrogens is 274 g/mol. The molecule has 0 unspecified atom stereocenters. The van der Waals surface area contributed by atoms with Crippen LogP contribution in [0.5, 0.6) is 0 Å². The molecule has 1 heterocycles. The summed E-state index contributed by atoms with van der Waals surface area (Å²) in [5.74, 6) is 0. The van der Waals surface area contributed by atoms with Gasteiger partial charge >= 0.3 is 0 Å². The van der Waals surface area contributed by atoms with Gasteiger partial charge in [0, 0.05) is 33.2 Å². The van der Waals surface area contributed by atoms with Crippen LogP contribution in [-0.4, -0.2) is 45.9 Å². The lowest BCUT2D eigenvalue weighted by atomic mass is 10.1. The summed E-state index contributed by atoms with van der Waals surface area (Å²) in [6.07, 6.45) is -0.679. The second-order valence-corrected chi connectivity index (χ2v) is 5.67. The average Bonchev–Trinajstić information content (AvgIpc) is 2.84. The highest BCUT2D eigenvalue weighted by atomic mass is 32.2. The maximum atomic E-state index is 12.5. The number of benzene rings is 1. The Morgan fingerprint density at radius 1 is 1.60 bits per heavy atom. The second-order valence-electron chi connectivity index (χ2n) is 4.33. The Balaban J connectivity index is 2.70. The summed E-state index contributed by atoms with van der Waals surface area (Å²) < 4.78 is 101. The van der Waals surface area contributed by atoms with Gasteiger partial charge in [-0.05, 0) is 50.8 Å². The van der Waals surface area contributed by atoms with Crippen LogP contribution in [0, 0.1) is 0 Å². The van der Waals surface area contributed by atoms with Crippen molar-refractivity contribution >= 4 is 20.9 Å². The Hall–Kier alpha value is -1.37. The van der Waals surface area contributed by atoms with E-state index in [0.717, 1.165) is 12.1 Å². The van der Waals surface area contributed by atoms with Crippen LogP contribution in [0.1, 0.15) is 22.1 Å². The Morgan fingerprint density at radius 2 is 2.40 bits per heavy atom. The Morgan fingerprint density at radius 3 is 3.10 bits per heavy atom. The van der Waals surface area contributed by atoms with Crippen molar-refractivity contribution < 1.29 is 22.2 Å². The number of aromatic amines is 1. The predicted molar refractivity (Wildman–Crippen MR) is 82.2 cm³/mol. The maximum absolute atomic E-state index is 12.5. The molecule has 0 aliphatic rings. The minimum Gasteiger partial charge on any atom is -0.361 e. The smallest absolute Gasteiger partial charge is 0.215 e. The van der Waals surface area contributed by atoms with E-state index in [4.69, 9.17) is 13.8 Å². The number of likely N-dealkylation sites (N-methyl/N-ethyl adjacent to an activating group) is 1. The van der Waals surface area contributed by atoms with Crippen LogP contribution in [0.2, 0.25) is 2.82 Å². The molecule has 0 fully saturated rings. The van der Waals surface area contributed by atoms with Gasteiger partial charge in [-0.1, -0.05) is 6.07 Å². The molecular formula is C14H21N3O2S. The first-order valence-electron chi connectivity index (χ1n) is 10.6. The van der Waals surface area contributed by atoms with Crippen molar-refractivity contribution in [2.75, 3.05) is 27.6 Å². The number of rotatable bonds is 6. The van der Waals surface area contributed by atoms with Gasteiger partial charge in [-0.15, -0.1) is 0 Å². The highest BCUT2D eigenvalue weighted by Crippen LogP contribution is 2.21. The molecule has 2 rings (SSSR count). The first kappa shape index (κ1) is 6.60.